The summed E-state index contributed by atoms with van der Waals surface area (Å²) in [5.41, 5.74) is 8.51. The molecule has 3 unspecified atom stereocenters. The predicted octanol–water partition coefficient (Wildman–Crippen LogP) is 4.27. The van der Waals surface area contributed by atoms with Gasteiger partial charge >= 0.3 is 0 Å². The lowest BCUT2D eigenvalue weighted by atomic mass is 9.98. The van der Waals surface area contributed by atoms with E-state index in [0.717, 1.165) is 59.5 Å². The molecule has 2 aliphatic heterocycles. The van der Waals surface area contributed by atoms with Crippen molar-refractivity contribution < 1.29 is 38.1 Å². The summed E-state index contributed by atoms with van der Waals surface area (Å²) in [7, 11) is 7.18. The number of amides is 4. The second kappa shape index (κ2) is 18.2. The number of fused-ring (bicyclic) bond motifs is 3. The molecule has 1 saturated carbocycles. The number of nitrogens with zero attached hydrogens (tertiary/aromatic N) is 5. The lowest BCUT2D eigenvalue weighted by molar-refractivity contribution is -0.131. The normalized spacial score (nSPS) is 18.9. The molecule has 318 valence electrons. The zero-order valence-corrected chi connectivity index (χ0v) is 35.0. The van der Waals surface area contributed by atoms with Gasteiger partial charge in [0.15, 0.2) is 0 Å². The van der Waals surface area contributed by atoms with Gasteiger partial charge in [-0.15, -0.1) is 0 Å². The SMILES string of the molecule is CCCC(C(N)=O)N1C(=O)c2ccc(OCCOCCC(=O)N3CC4CC(CN(C)Cc5c(OC)cc(-c6cn(C)c(=O)c7cnccc67)cc5OC)C[C@H]4C3)cc2C1=O. The van der Waals surface area contributed by atoms with E-state index in [9.17, 15) is 24.0 Å². The molecule has 60 heavy (non-hydrogen) atoms. The second-order valence-corrected chi connectivity index (χ2v) is 16.2. The zero-order chi connectivity index (χ0) is 42.7. The van der Waals surface area contributed by atoms with Crippen LogP contribution in [0.15, 0.2) is 59.8 Å². The van der Waals surface area contributed by atoms with Crippen molar-refractivity contribution >= 4 is 34.4 Å². The Morgan fingerprint density at radius 3 is 2.28 bits per heavy atom. The Hall–Kier alpha value is -5.80. The van der Waals surface area contributed by atoms with Crippen molar-refractivity contribution in [1.29, 1.82) is 0 Å². The van der Waals surface area contributed by atoms with Crippen molar-refractivity contribution in [3.63, 3.8) is 0 Å². The second-order valence-electron chi connectivity index (χ2n) is 16.2. The molecule has 4 atom stereocenters. The number of aryl methyl sites for hydroxylation is 1. The summed E-state index contributed by atoms with van der Waals surface area (Å²) in [4.78, 5) is 73.2. The van der Waals surface area contributed by atoms with Crippen LogP contribution in [0.4, 0.5) is 0 Å². The highest BCUT2D eigenvalue weighted by Gasteiger charge is 2.43. The molecule has 7 rings (SSSR count). The number of hydrogen-bond donors (Lipinski definition) is 1. The third kappa shape index (κ3) is 8.59. The van der Waals surface area contributed by atoms with Crippen LogP contribution in [0, 0.1) is 17.8 Å². The third-order valence-electron chi connectivity index (χ3n) is 12.2. The van der Waals surface area contributed by atoms with Crippen LogP contribution in [0.2, 0.25) is 0 Å². The minimum absolute atomic E-state index is 0.0905. The molecular weight excluding hydrogens is 769 g/mol. The maximum Gasteiger partial charge on any atom is 0.262 e. The number of pyridine rings is 2. The molecule has 0 bridgehead atoms. The van der Waals surface area contributed by atoms with Gasteiger partial charge in [0.1, 0.15) is 29.9 Å². The van der Waals surface area contributed by atoms with E-state index in [4.69, 9.17) is 24.7 Å². The number of carbonyl (C=O) groups is 4. The molecule has 1 saturated heterocycles. The standard InChI is InChI=1S/C45H54N6O9/c1-6-7-38(42(46)53)51-44(55)33-9-8-31(20-34(33)45(51)56)60-15-14-59-13-11-41(52)50-23-29-16-27(17-30(29)24-50)22-48(2)25-37-39(57-4)18-28(19-40(37)58-5)36-26-49(3)43(54)35-21-47-12-10-32(35)36/h8-10,12,18-21,26-27,29-30,38H,6-7,11,13-17,22-25H2,1-5H3,(H2,46,53)/t27?,29-,30?,38?/m0/s1. The Kier molecular flexibility index (Phi) is 12.9. The van der Waals surface area contributed by atoms with Gasteiger partial charge in [-0.2, -0.15) is 0 Å². The Bertz CT molecular complexity index is 2310. The number of rotatable bonds is 18. The number of imide groups is 1. The minimum atomic E-state index is -0.993. The van der Waals surface area contributed by atoms with Crippen molar-refractivity contribution in [1.82, 2.24) is 24.3 Å². The van der Waals surface area contributed by atoms with E-state index in [1.807, 2.05) is 36.2 Å². The summed E-state index contributed by atoms with van der Waals surface area (Å²) in [5, 5.41) is 1.37. The molecule has 2 N–H and O–H groups in total. The molecule has 2 fully saturated rings. The van der Waals surface area contributed by atoms with Crippen LogP contribution in [0.5, 0.6) is 17.2 Å². The average Bonchev–Trinajstić information content (AvgIpc) is 3.88. The molecular formula is C45H54N6O9. The Morgan fingerprint density at radius 2 is 1.62 bits per heavy atom. The van der Waals surface area contributed by atoms with Crippen molar-refractivity contribution in [2.45, 2.75) is 51.6 Å². The molecule has 15 nitrogen and oxygen atoms in total. The monoisotopic (exact) mass is 822 g/mol. The molecule has 2 aromatic carbocycles. The third-order valence-corrected chi connectivity index (χ3v) is 12.2. The first-order valence-electron chi connectivity index (χ1n) is 20.6. The predicted molar refractivity (Wildman–Crippen MR) is 224 cm³/mol. The molecule has 1 aliphatic carbocycles. The topological polar surface area (TPSA) is 176 Å². The fourth-order valence-electron chi connectivity index (χ4n) is 9.31. The molecule has 0 spiro atoms. The van der Waals surface area contributed by atoms with Crippen LogP contribution < -0.4 is 25.5 Å². The Labute approximate surface area is 349 Å². The van der Waals surface area contributed by atoms with Crippen LogP contribution >= 0.6 is 0 Å². The molecule has 3 aliphatic rings. The Morgan fingerprint density at radius 1 is 0.917 bits per heavy atom. The fraction of sp³-hybridized carbons (Fsp3) is 0.467. The highest BCUT2D eigenvalue weighted by molar-refractivity contribution is 6.23. The first-order valence-corrected chi connectivity index (χ1v) is 20.6. The van der Waals surface area contributed by atoms with E-state index >= 15 is 0 Å². The first kappa shape index (κ1) is 42.3. The molecule has 4 heterocycles. The van der Waals surface area contributed by atoms with Crippen LogP contribution in [0.3, 0.4) is 0 Å². The molecule has 4 aromatic rings. The Balaban J connectivity index is 0.847. The number of methoxy groups -OCH3 is 2. The van der Waals surface area contributed by atoms with Gasteiger partial charge in [-0.25, -0.2) is 0 Å². The van der Waals surface area contributed by atoms with E-state index in [0.29, 0.717) is 59.8 Å². The average molecular weight is 823 g/mol. The summed E-state index contributed by atoms with van der Waals surface area (Å²) < 4.78 is 24.9. The van der Waals surface area contributed by atoms with E-state index in [-0.39, 0.29) is 48.8 Å². The minimum Gasteiger partial charge on any atom is -0.496 e. The van der Waals surface area contributed by atoms with E-state index in [1.54, 1.807) is 44.3 Å². The maximum absolute atomic E-state index is 13.1. The van der Waals surface area contributed by atoms with Gasteiger partial charge in [0.2, 0.25) is 11.8 Å². The van der Waals surface area contributed by atoms with Crippen LogP contribution in [-0.2, 0) is 27.9 Å². The highest BCUT2D eigenvalue weighted by Crippen LogP contribution is 2.43. The van der Waals surface area contributed by atoms with Crippen molar-refractivity contribution in [3.8, 4) is 28.4 Å². The number of aromatic nitrogens is 2. The number of hydrogen-bond acceptors (Lipinski definition) is 11. The van der Waals surface area contributed by atoms with E-state index in [1.165, 1.54) is 12.1 Å². The highest BCUT2D eigenvalue weighted by atomic mass is 16.5. The fourth-order valence-corrected chi connectivity index (χ4v) is 9.31. The molecule has 15 heteroatoms. The first-order chi connectivity index (χ1) is 28.9. The molecule has 0 radical (unpaired) electrons. The van der Waals surface area contributed by atoms with Crippen LogP contribution in [0.1, 0.15) is 65.3 Å². The quantitative estimate of drug-likeness (QED) is 0.112. The van der Waals surface area contributed by atoms with Crippen molar-refractivity contribution in [3.05, 3.63) is 82.0 Å². The van der Waals surface area contributed by atoms with E-state index in [2.05, 4.69) is 16.9 Å². The number of primary amides is 1. The largest absolute Gasteiger partial charge is 0.496 e. The number of carbonyl (C=O) groups excluding carboxylic acids is 4. The van der Waals surface area contributed by atoms with Gasteiger partial charge < -0.3 is 39.0 Å². The van der Waals surface area contributed by atoms with Crippen LogP contribution in [0.25, 0.3) is 21.9 Å². The number of benzene rings is 2. The van der Waals surface area contributed by atoms with Gasteiger partial charge in [0.25, 0.3) is 17.4 Å². The number of nitrogens with two attached hydrogens (primary N) is 1. The van der Waals surface area contributed by atoms with E-state index < -0.39 is 23.8 Å². The lowest BCUT2D eigenvalue weighted by Crippen LogP contribution is -2.47. The van der Waals surface area contributed by atoms with Crippen LogP contribution in [-0.4, -0.2) is 115 Å². The van der Waals surface area contributed by atoms with Gasteiger partial charge in [-0.05, 0) is 91.4 Å². The number of likely N-dealkylation sites (tertiary alicyclic amines) is 1. The summed E-state index contributed by atoms with van der Waals surface area (Å²) in [6.45, 7) is 5.64. The van der Waals surface area contributed by atoms with Crippen molar-refractivity contribution in [2.24, 2.45) is 30.5 Å². The summed E-state index contributed by atoms with van der Waals surface area (Å²) in [6.07, 6.45) is 8.44. The van der Waals surface area contributed by atoms with Gasteiger partial charge in [0.05, 0.1) is 55.9 Å². The number of ether oxygens (including phenoxy) is 4. The summed E-state index contributed by atoms with van der Waals surface area (Å²) >= 11 is 0. The van der Waals surface area contributed by atoms with Crippen molar-refractivity contribution in [2.75, 3.05) is 60.7 Å². The summed E-state index contributed by atoms with van der Waals surface area (Å²) in [6, 6.07) is 9.51. The van der Waals surface area contributed by atoms with Gasteiger partial charge in [-0.1, -0.05) is 13.3 Å². The van der Waals surface area contributed by atoms with Gasteiger partial charge in [-0.3, -0.25) is 33.9 Å². The molecule has 2 aromatic heterocycles. The maximum atomic E-state index is 13.1. The zero-order valence-electron chi connectivity index (χ0n) is 35.0. The smallest absolute Gasteiger partial charge is 0.262 e. The lowest BCUT2D eigenvalue weighted by Gasteiger charge is -2.25. The van der Waals surface area contributed by atoms with Gasteiger partial charge in [0, 0.05) is 57.4 Å². The summed E-state index contributed by atoms with van der Waals surface area (Å²) in [5.74, 6) is 1.58. The molecule has 4 amide bonds.